The van der Waals surface area contributed by atoms with Crippen molar-refractivity contribution < 1.29 is 14.4 Å². The molecule has 34 heavy (non-hydrogen) atoms. The Hall–Kier alpha value is -3.61. The summed E-state index contributed by atoms with van der Waals surface area (Å²) in [4.78, 5) is 42.1. The molecule has 4 rings (SSSR count). The zero-order valence-corrected chi connectivity index (χ0v) is 19.5. The maximum atomic E-state index is 13.5. The molecule has 0 spiro atoms. The van der Waals surface area contributed by atoms with Crippen molar-refractivity contribution in [2.45, 2.75) is 57.0 Å². The Kier molecular flexibility index (Phi) is 7.30. The number of amides is 3. The van der Waals surface area contributed by atoms with E-state index >= 15 is 0 Å². The molecule has 1 aromatic heterocycles. The fraction of sp³-hybridized carbons (Fsp3) is 0.370. The summed E-state index contributed by atoms with van der Waals surface area (Å²) in [5.74, 6) is -0.483. The number of H-pyrrole nitrogens is 1. The Bertz CT molecular complexity index is 1160. The monoisotopic (exact) mass is 460 g/mol. The molecular formula is C27H32N4O3. The lowest BCUT2D eigenvalue weighted by Gasteiger charge is -2.31. The second-order valence-electron chi connectivity index (χ2n) is 9.22. The Balaban J connectivity index is 1.60. The summed E-state index contributed by atoms with van der Waals surface area (Å²) in [6.07, 6.45) is 5.14. The van der Waals surface area contributed by atoms with Crippen LogP contribution in [-0.2, 0) is 20.8 Å². The molecule has 7 nitrogen and oxygen atoms in total. The molecule has 1 aliphatic rings. The summed E-state index contributed by atoms with van der Waals surface area (Å²) in [5.41, 5.74) is 1.73. The standard InChI is InChI=1S/C27H32N4O3/c1-27(16-20-17-28-22-13-9-8-12-21(20)22)26(34)29-18-23(19-10-4-2-5-11-19)30-24(32)14-6-3-7-15-25(33)31-27/h2,4-5,8-13,17,23,28H,3,6-7,14-16,18H2,1H3,(H,29,34)(H,30,32)(H,31,33)/t23-,27+/m0/s1. The SMILES string of the molecule is C[C@]1(Cc2c[nH]c3ccccc23)NC(=O)CCCCCC(=O)N[C@H](c2ccccc2)CNC1=O. The van der Waals surface area contributed by atoms with Crippen molar-refractivity contribution in [2.75, 3.05) is 6.54 Å². The number of nitrogens with one attached hydrogen (secondary N) is 4. The Morgan fingerprint density at radius 3 is 2.38 bits per heavy atom. The fourth-order valence-electron chi connectivity index (χ4n) is 4.55. The van der Waals surface area contributed by atoms with Gasteiger partial charge in [0.2, 0.25) is 17.7 Å². The van der Waals surface area contributed by atoms with Gasteiger partial charge in [-0.25, -0.2) is 0 Å². The van der Waals surface area contributed by atoms with Crippen LogP contribution in [0.2, 0.25) is 0 Å². The number of carbonyl (C=O) groups excluding carboxylic acids is 3. The zero-order chi connectivity index (χ0) is 24.0. The summed E-state index contributed by atoms with van der Waals surface area (Å²) in [6.45, 7) is 2.00. The topological polar surface area (TPSA) is 103 Å². The smallest absolute Gasteiger partial charge is 0.245 e. The van der Waals surface area contributed by atoms with E-state index in [4.69, 9.17) is 0 Å². The Morgan fingerprint density at radius 1 is 0.882 bits per heavy atom. The van der Waals surface area contributed by atoms with Crippen LogP contribution in [0.4, 0.5) is 0 Å². The number of hydrogen-bond acceptors (Lipinski definition) is 3. The first kappa shape index (κ1) is 23.5. The average molecular weight is 461 g/mol. The minimum absolute atomic E-state index is 0.0498. The summed E-state index contributed by atoms with van der Waals surface area (Å²) in [7, 11) is 0. The maximum Gasteiger partial charge on any atom is 0.245 e. The molecule has 3 amide bonds. The molecule has 2 heterocycles. The van der Waals surface area contributed by atoms with Gasteiger partial charge in [0, 0.05) is 42.9 Å². The van der Waals surface area contributed by atoms with Crippen molar-refractivity contribution >= 4 is 28.6 Å². The van der Waals surface area contributed by atoms with E-state index in [-0.39, 0.29) is 30.3 Å². The molecule has 0 bridgehead atoms. The van der Waals surface area contributed by atoms with Gasteiger partial charge in [0.25, 0.3) is 0 Å². The number of hydrogen-bond donors (Lipinski definition) is 4. The van der Waals surface area contributed by atoms with Crippen molar-refractivity contribution in [1.82, 2.24) is 20.9 Å². The molecule has 7 heteroatoms. The quantitative estimate of drug-likeness (QED) is 0.481. The van der Waals surface area contributed by atoms with E-state index in [1.165, 1.54) is 0 Å². The van der Waals surface area contributed by atoms with Crippen LogP contribution in [0.1, 0.15) is 56.2 Å². The molecule has 1 aliphatic heterocycles. The Morgan fingerprint density at radius 2 is 1.59 bits per heavy atom. The summed E-state index contributed by atoms with van der Waals surface area (Å²) < 4.78 is 0. The van der Waals surface area contributed by atoms with Crippen LogP contribution in [-0.4, -0.2) is 34.8 Å². The van der Waals surface area contributed by atoms with Crippen LogP contribution >= 0.6 is 0 Å². The van der Waals surface area contributed by atoms with Crippen molar-refractivity contribution in [3.05, 3.63) is 71.9 Å². The lowest BCUT2D eigenvalue weighted by molar-refractivity contribution is -0.133. The molecular weight excluding hydrogens is 428 g/mol. The first-order valence-electron chi connectivity index (χ1n) is 11.9. The van der Waals surface area contributed by atoms with Gasteiger partial charge < -0.3 is 20.9 Å². The largest absolute Gasteiger partial charge is 0.361 e. The minimum Gasteiger partial charge on any atom is -0.361 e. The average Bonchev–Trinajstić information content (AvgIpc) is 3.23. The third-order valence-electron chi connectivity index (χ3n) is 6.45. The maximum absolute atomic E-state index is 13.5. The van der Waals surface area contributed by atoms with Crippen molar-refractivity contribution in [3.8, 4) is 0 Å². The number of benzene rings is 2. The van der Waals surface area contributed by atoms with Crippen LogP contribution in [0.15, 0.2) is 60.8 Å². The highest BCUT2D eigenvalue weighted by atomic mass is 16.2. The lowest BCUT2D eigenvalue weighted by atomic mass is 9.90. The van der Waals surface area contributed by atoms with Crippen molar-refractivity contribution in [2.24, 2.45) is 0 Å². The van der Waals surface area contributed by atoms with Gasteiger partial charge in [0.15, 0.2) is 0 Å². The molecule has 4 N–H and O–H groups in total. The van der Waals surface area contributed by atoms with Crippen LogP contribution in [0.25, 0.3) is 10.9 Å². The first-order chi connectivity index (χ1) is 16.4. The van der Waals surface area contributed by atoms with Gasteiger partial charge >= 0.3 is 0 Å². The summed E-state index contributed by atoms with van der Waals surface area (Å²) in [6, 6.07) is 17.2. The Labute approximate surface area is 199 Å². The lowest BCUT2D eigenvalue weighted by Crippen LogP contribution is -2.59. The molecule has 3 aromatic rings. The molecule has 2 aromatic carbocycles. The normalized spacial score (nSPS) is 23.0. The molecule has 0 radical (unpaired) electrons. The number of fused-ring (bicyclic) bond motifs is 1. The zero-order valence-electron chi connectivity index (χ0n) is 19.5. The molecule has 2 atom stereocenters. The molecule has 0 saturated carbocycles. The van der Waals surface area contributed by atoms with Gasteiger partial charge in [-0.15, -0.1) is 0 Å². The minimum atomic E-state index is -1.14. The summed E-state index contributed by atoms with van der Waals surface area (Å²) in [5, 5.41) is 10.1. The van der Waals surface area contributed by atoms with Gasteiger partial charge in [0.05, 0.1) is 6.04 Å². The van der Waals surface area contributed by atoms with E-state index in [1.807, 2.05) is 60.8 Å². The van der Waals surface area contributed by atoms with E-state index in [1.54, 1.807) is 6.92 Å². The van der Waals surface area contributed by atoms with Gasteiger partial charge in [-0.05, 0) is 37.0 Å². The number of aromatic nitrogens is 1. The van der Waals surface area contributed by atoms with Gasteiger partial charge in [0.1, 0.15) is 5.54 Å². The number of para-hydroxylation sites is 1. The highest BCUT2D eigenvalue weighted by Gasteiger charge is 2.36. The molecule has 1 fully saturated rings. The first-order valence-corrected chi connectivity index (χ1v) is 11.9. The van der Waals surface area contributed by atoms with Crippen molar-refractivity contribution in [1.29, 1.82) is 0 Å². The van der Waals surface area contributed by atoms with Gasteiger partial charge in [-0.1, -0.05) is 55.0 Å². The number of aromatic amines is 1. The van der Waals surface area contributed by atoms with Gasteiger partial charge in [-0.3, -0.25) is 14.4 Å². The second kappa shape index (κ2) is 10.5. The van der Waals surface area contributed by atoms with E-state index in [9.17, 15) is 14.4 Å². The van der Waals surface area contributed by atoms with Crippen LogP contribution in [0, 0.1) is 0 Å². The predicted molar refractivity (Wildman–Crippen MR) is 132 cm³/mol. The van der Waals surface area contributed by atoms with E-state index in [0.29, 0.717) is 25.7 Å². The fourth-order valence-corrected chi connectivity index (χ4v) is 4.55. The molecule has 1 saturated heterocycles. The number of carbonyl (C=O) groups is 3. The van der Waals surface area contributed by atoms with Crippen LogP contribution < -0.4 is 16.0 Å². The van der Waals surface area contributed by atoms with Crippen LogP contribution in [0.3, 0.4) is 0 Å². The van der Waals surface area contributed by atoms with E-state index < -0.39 is 5.54 Å². The van der Waals surface area contributed by atoms with E-state index in [0.717, 1.165) is 34.9 Å². The highest BCUT2D eigenvalue weighted by molar-refractivity contribution is 5.93. The highest BCUT2D eigenvalue weighted by Crippen LogP contribution is 2.24. The number of rotatable bonds is 3. The summed E-state index contributed by atoms with van der Waals surface area (Å²) >= 11 is 0. The van der Waals surface area contributed by atoms with E-state index in [2.05, 4.69) is 20.9 Å². The second-order valence-corrected chi connectivity index (χ2v) is 9.22. The molecule has 0 aliphatic carbocycles. The third kappa shape index (κ3) is 5.65. The van der Waals surface area contributed by atoms with Crippen LogP contribution in [0.5, 0.6) is 0 Å². The third-order valence-corrected chi connectivity index (χ3v) is 6.45. The predicted octanol–water partition coefficient (Wildman–Crippen LogP) is 3.52. The van der Waals surface area contributed by atoms with Crippen molar-refractivity contribution in [3.63, 3.8) is 0 Å². The molecule has 178 valence electrons. The van der Waals surface area contributed by atoms with Gasteiger partial charge in [-0.2, -0.15) is 0 Å². The molecule has 0 unspecified atom stereocenters.